The van der Waals surface area contributed by atoms with Gasteiger partial charge in [-0.2, -0.15) is 4.31 Å². The summed E-state index contributed by atoms with van der Waals surface area (Å²) in [5.74, 6) is -0.368. The van der Waals surface area contributed by atoms with E-state index in [1.165, 1.54) is 4.31 Å². The van der Waals surface area contributed by atoms with Gasteiger partial charge in [0.1, 0.15) is 0 Å². The van der Waals surface area contributed by atoms with Crippen LogP contribution in [0.1, 0.15) is 12.8 Å². The predicted octanol–water partition coefficient (Wildman–Crippen LogP) is 1.77. The zero-order valence-corrected chi connectivity index (χ0v) is 19.9. The Morgan fingerprint density at radius 2 is 1.47 bits per heavy atom. The minimum absolute atomic E-state index is 0.0760. The van der Waals surface area contributed by atoms with Gasteiger partial charge < -0.3 is 19.9 Å². The highest BCUT2D eigenvalue weighted by Crippen LogP contribution is 2.20. The van der Waals surface area contributed by atoms with Crippen LogP contribution in [0.5, 0.6) is 0 Å². The van der Waals surface area contributed by atoms with E-state index in [9.17, 15) is 18.0 Å². The van der Waals surface area contributed by atoms with Crippen LogP contribution >= 0.6 is 0 Å². The molecule has 2 aromatic rings. The summed E-state index contributed by atoms with van der Waals surface area (Å²) in [5.41, 5.74) is 1.78. The molecule has 0 bridgehead atoms. The van der Waals surface area contributed by atoms with Gasteiger partial charge in [0.15, 0.2) is 0 Å². The maximum absolute atomic E-state index is 12.7. The summed E-state index contributed by atoms with van der Waals surface area (Å²) in [4.78, 5) is 29.0. The number of rotatable bonds is 7. The third-order valence-electron chi connectivity index (χ3n) is 6.07. The Bertz CT molecular complexity index is 1080. The molecule has 0 atom stereocenters. The summed E-state index contributed by atoms with van der Waals surface area (Å²) in [6, 6.07) is 15.9. The molecule has 0 aromatic heterocycles. The molecule has 4 rings (SSSR count). The van der Waals surface area contributed by atoms with Crippen LogP contribution < -0.4 is 10.2 Å². The lowest BCUT2D eigenvalue weighted by atomic mass is 10.2. The highest BCUT2D eigenvalue weighted by molar-refractivity contribution is 7.89. The Labute approximate surface area is 200 Å². The monoisotopic (exact) mass is 486 g/mol. The van der Waals surface area contributed by atoms with Crippen molar-refractivity contribution in [1.29, 1.82) is 0 Å². The molecule has 1 N–H and O–H groups in total. The standard InChI is InChI=1S/C24H30N4O5S/c29-23(25-20-6-8-21(9-7-20)26-16-18-33-19-17-26)10-11-24(30)27-12-14-28(15-13-27)34(31,32)22-4-2-1-3-5-22/h1-9H,10-19H2,(H,25,29). The largest absolute Gasteiger partial charge is 0.378 e. The van der Waals surface area contributed by atoms with Crippen LogP contribution in [0.2, 0.25) is 0 Å². The van der Waals surface area contributed by atoms with E-state index in [4.69, 9.17) is 4.74 Å². The minimum Gasteiger partial charge on any atom is -0.378 e. The SMILES string of the molecule is O=C(CCC(=O)N1CCN(S(=O)(=O)c2ccccc2)CC1)Nc1ccc(N2CCOCC2)cc1. The molecule has 9 nitrogen and oxygen atoms in total. The van der Waals surface area contributed by atoms with Gasteiger partial charge in [-0.15, -0.1) is 0 Å². The number of carbonyl (C=O) groups excluding carboxylic acids is 2. The average Bonchev–Trinajstić information content (AvgIpc) is 2.89. The molecule has 0 radical (unpaired) electrons. The van der Waals surface area contributed by atoms with Gasteiger partial charge in [0, 0.05) is 63.5 Å². The number of nitrogens with zero attached hydrogens (tertiary/aromatic N) is 3. The minimum atomic E-state index is -3.56. The van der Waals surface area contributed by atoms with Crippen molar-refractivity contribution >= 4 is 33.2 Å². The molecular weight excluding hydrogens is 456 g/mol. The van der Waals surface area contributed by atoms with E-state index in [1.54, 1.807) is 35.2 Å². The van der Waals surface area contributed by atoms with Crippen LogP contribution in [0.25, 0.3) is 0 Å². The van der Waals surface area contributed by atoms with Gasteiger partial charge in [0.25, 0.3) is 0 Å². The number of hydrogen-bond acceptors (Lipinski definition) is 6. The van der Waals surface area contributed by atoms with Gasteiger partial charge in [0.05, 0.1) is 18.1 Å². The van der Waals surface area contributed by atoms with Crippen molar-refractivity contribution in [3.05, 3.63) is 54.6 Å². The number of piperazine rings is 1. The summed E-state index contributed by atoms with van der Waals surface area (Å²) in [6.07, 6.45) is 0.162. The first kappa shape index (κ1) is 24.2. The number of carbonyl (C=O) groups is 2. The highest BCUT2D eigenvalue weighted by Gasteiger charge is 2.30. The van der Waals surface area contributed by atoms with Crippen molar-refractivity contribution in [2.75, 3.05) is 62.7 Å². The molecule has 2 heterocycles. The predicted molar refractivity (Wildman–Crippen MR) is 129 cm³/mol. The summed E-state index contributed by atoms with van der Waals surface area (Å²) in [5, 5.41) is 2.84. The first-order chi connectivity index (χ1) is 16.4. The maximum Gasteiger partial charge on any atom is 0.243 e. The van der Waals surface area contributed by atoms with Crippen LogP contribution in [-0.4, -0.2) is 81.9 Å². The molecule has 2 aliphatic rings. The van der Waals surface area contributed by atoms with Crippen LogP contribution in [-0.2, 0) is 24.3 Å². The quantitative estimate of drug-likeness (QED) is 0.641. The average molecular weight is 487 g/mol. The fourth-order valence-electron chi connectivity index (χ4n) is 4.10. The zero-order chi connectivity index (χ0) is 24.0. The molecule has 0 unspecified atom stereocenters. The molecule has 2 saturated heterocycles. The highest BCUT2D eigenvalue weighted by atomic mass is 32.2. The molecule has 34 heavy (non-hydrogen) atoms. The maximum atomic E-state index is 12.7. The van der Waals surface area contributed by atoms with Gasteiger partial charge in [0.2, 0.25) is 21.8 Å². The van der Waals surface area contributed by atoms with E-state index in [-0.39, 0.29) is 42.6 Å². The van der Waals surface area contributed by atoms with Crippen LogP contribution in [0.3, 0.4) is 0 Å². The number of ether oxygens (including phenoxy) is 1. The van der Waals surface area contributed by atoms with E-state index < -0.39 is 10.0 Å². The fourth-order valence-corrected chi connectivity index (χ4v) is 5.54. The van der Waals surface area contributed by atoms with Crippen molar-refractivity contribution in [1.82, 2.24) is 9.21 Å². The molecule has 10 heteroatoms. The molecule has 2 aliphatic heterocycles. The molecule has 0 saturated carbocycles. The van der Waals surface area contributed by atoms with Crippen molar-refractivity contribution in [3.8, 4) is 0 Å². The molecule has 2 amide bonds. The van der Waals surface area contributed by atoms with E-state index in [0.717, 1.165) is 18.8 Å². The first-order valence-electron chi connectivity index (χ1n) is 11.5. The third kappa shape index (κ3) is 5.94. The van der Waals surface area contributed by atoms with Gasteiger partial charge in [-0.3, -0.25) is 9.59 Å². The van der Waals surface area contributed by atoms with E-state index >= 15 is 0 Å². The Morgan fingerprint density at radius 3 is 2.12 bits per heavy atom. The van der Waals surface area contributed by atoms with Crippen molar-refractivity contribution in [3.63, 3.8) is 0 Å². The smallest absolute Gasteiger partial charge is 0.243 e. The lowest BCUT2D eigenvalue weighted by Crippen LogP contribution is -2.50. The van der Waals surface area contributed by atoms with Crippen molar-refractivity contribution < 1.29 is 22.7 Å². The Balaban J connectivity index is 1.21. The number of sulfonamides is 1. The normalized spacial score (nSPS) is 17.4. The first-order valence-corrected chi connectivity index (χ1v) is 12.9. The lowest BCUT2D eigenvalue weighted by Gasteiger charge is -2.34. The molecule has 2 aromatic carbocycles. The van der Waals surface area contributed by atoms with Crippen LogP contribution in [0.15, 0.2) is 59.5 Å². The lowest BCUT2D eigenvalue weighted by molar-refractivity contribution is -0.133. The fraction of sp³-hybridized carbons (Fsp3) is 0.417. The molecular formula is C24H30N4O5S. The van der Waals surface area contributed by atoms with E-state index in [0.29, 0.717) is 32.0 Å². The van der Waals surface area contributed by atoms with Crippen LogP contribution in [0, 0.1) is 0 Å². The second-order valence-electron chi connectivity index (χ2n) is 8.29. The summed E-state index contributed by atoms with van der Waals surface area (Å²) < 4.78 is 32.2. The Hall–Kier alpha value is -2.95. The van der Waals surface area contributed by atoms with Crippen LogP contribution in [0.4, 0.5) is 11.4 Å². The summed E-state index contributed by atoms with van der Waals surface area (Å²) >= 11 is 0. The molecule has 2 fully saturated rings. The number of nitrogens with one attached hydrogen (secondary N) is 1. The van der Waals surface area contributed by atoms with Crippen molar-refractivity contribution in [2.45, 2.75) is 17.7 Å². The second-order valence-corrected chi connectivity index (χ2v) is 10.2. The van der Waals surface area contributed by atoms with Gasteiger partial charge >= 0.3 is 0 Å². The summed E-state index contributed by atoms with van der Waals surface area (Å²) in [6.45, 7) is 4.23. The topological polar surface area (TPSA) is 99.3 Å². The second kappa shape index (κ2) is 11.0. The third-order valence-corrected chi connectivity index (χ3v) is 7.98. The number of benzene rings is 2. The van der Waals surface area contributed by atoms with Gasteiger partial charge in [-0.1, -0.05) is 18.2 Å². The van der Waals surface area contributed by atoms with E-state index in [1.807, 2.05) is 24.3 Å². The van der Waals surface area contributed by atoms with E-state index in [2.05, 4.69) is 10.2 Å². The zero-order valence-electron chi connectivity index (χ0n) is 19.1. The van der Waals surface area contributed by atoms with Gasteiger partial charge in [-0.25, -0.2) is 8.42 Å². The number of hydrogen-bond donors (Lipinski definition) is 1. The number of morpholine rings is 1. The number of amides is 2. The Kier molecular flexibility index (Phi) is 7.81. The Morgan fingerprint density at radius 1 is 0.824 bits per heavy atom. The number of anilines is 2. The molecule has 182 valence electrons. The van der Waals surface area contributed by atoms with Gasteiger partial charge in [-0.05, 0) is 36.4 Å². The van der Waals surface area contributed by atoms with Crippen molar-refractivity contribution in [2.24, 2.45) is 0 Å². The summed E-state index contributed by atoms with van der Waals surface area (Å²) in [7, 11) is -3.56. The molecule has 0 spiro atoms. The molecule has 0 aliphatic carbocycles.